The van der Waals surface area contributed by atoms with Crippen LogP contribution in [0.3, 0.4) is 0 Å². The molecular weight excluding hydrogens is 284 g/mol. The quantitative estimate of drug-likeness (QED) is 0.816. The summed E-state index contributed by atoms with van der Waals surface area (Å²) in [5.74, 6) is 2.62. The first-order valence-corrected chi connectivity index (χ1v) is 8.10. The first kappa shape index (κ1) is 15.8. The van der Waals surface area contributed by atoms with Crippen molar-refractivity contribution in [3.63, 3.8) is 0 Å². The van der Waals surface area contributed by atoms with Gasteiger partial charge < -0.3 is 9.73 Å². The molecule has 21 heavy (non-hydrogen) atoms. The van der Waals surface area contributed by atoms with Crippen molar-refractivity contribution in [2.75, 3.05) is 11.9 Å². The van der Waals surface area contributed by atoms with Gasteiger partial charge in [0.25, 0.3) is 5.22 Å². The predicted molar refractivity (Wildman–Crippen MR) is 85.0 cm³/mol. The summed E-state index contributed by atoms with van der Waals surface area (Å²) in [6.07, 6.45) is 1.89. The Hall–Kier alpha value is -1.56. The highest BCUT2D eigenvalue weighted by Crippen LogP contribution is 2.31. The fourth-order valence-electron chi connectivity index (χ4n) is 1.88. The second-order valence-electron chi connectivity index (χ2n) is 4.92. The molecule has 0 atom stereocenters. The average Bonchev–Trinajstić information content (AvgIpc) is 2.74. The third-order valence-electron chi connectivity index (χ3n) is 3.16. The molecule has 2 aromatic heterocycles. The molecule has 2 heterocycles. The van der Waals surface area contributed by atoms with E-state index in [2.05, 4.69) is 34.1 Å². The van der Waals surface area contributed by atoms with E-state index < -0.39 is 0 Å². The number of nitrogens with zero attached hydrogens (tertiary/aromatic N) is 3. The molecule has 0 saturated heterocycles. The molecule has 0 saturated carbocycles. The lowest BCUT2D eigenvalue weighted by molar-refractivity contribution is 0.431. The van der Waals surface area contributed by atoms with Crippen molar-refractivity contribution in [2.45, 2.75) is 57.7 Å². The van der Waals surface area contributed by atoms with Gasteiger partial charge in [-0.2, -0.15) is 0 Å². The molecule has 5 nitrogen and oxygen atoms in total. The fraction of sp³-hybridized carbons (Fsp3) is 0.533. The molecule has 114 valence electrons. The summed E-state index contributed by atoms with van der Waals surface area (Å²) >= 11 is 1.46. The van der Waals surface area contributed by atoms with E-state index in [0.29, 0.717) is 5.22 Å². The zero-order valence-electron chi connectivity index (χ0n) is 13.3. The van der Waals surface area contributed by atoms with Crippen molar-refractivity contribution in [3.8, 4) is 0 Å². The van der Waals surface area contributed by atoms with Crippen molar-refractivity contribution in [2.24, 2.45) is 0 Å². The van der Waals surface area contributed by atoms with Crippen LogP contribution in [0.2, 0.25) is 0 Å². The van der Waals surface area contributed by atoms with Gasteiger partial charge in [0, 0.05) is 18.5 Å². The van der Waals surface area contributed by atoms with Gasteiger partial charge in [-0.25, -0.2) is 15.0 Å². The molecule has 0 unspecified atom stereocenters. The number of oxazole rings is 1. The molecule has 0 radical (unpaired) electrons. The third-order valence-corrected chi connectivity index (χ3v) is 4.10. The van der Waals surface area contributed by atoms with Gasteiger partial charge in [-0.15, -0.1) is 0 Å². The van der Waals surface area contributed by atoms with E-state index in [1.54, 1.807) is 0 Å². The molecule has 1 N–H and O–H groups in total. The summed E-state index contributed by atoms with van der Waals surface area (Å²) < 4.78 is 5.64. The normalized spacial score (nSPS) is 10.9. The predicted octanol–water partition coefficient (Wildman–Crippen LogP) is 3.93. The van der Waals surface area contributed by atoms with Crippen LogP contribution < -0.4 is 5.32 Å². The fourth-order valence-corrected chi connectivity index (χ4v) is 2.80. The monoisotopic (exact) mass is 306 g/mol. The van der Waals surface area contributed by atoms with Crippen LogP contribution in [-0.4, -0.2) is 21.5 Å². The van der Waals surface area contributed by atoms with E-state index in [1.165, 1.54) is 11.8 Å². The van der Waals surface area contributed by atoms with E-state index in [1.807, 2.05) is 20.8 Å². The van der Waals surface area contributed by atoms with Crippen molar-refractivity contribution in [3.05, 3.63) is 22.8 Å². The van der Waals surface area contributed by atoms with E-state index in [9.17, 15) is 0 Å². The zero-order chi connectivity index (χ0) is 15.4. The van der Waals surface area contributed by atoms with Gasteiger partial charge in [-0.05, 0) is 45.9 Å². The lowest BCUT2D eigenvalue weighted by Gasteiger charge is -2.11. The average molecular weight is 306 g/mol. The Morgan fingerprint density at radius 1 is 1.10 bits per heavy atom. The van der Waals surface area contributed by atoms with Gasteiger partial charge in [0.05, 0.1) is 5.69 Å². The minimum absolute atomic E-state index is 0.636. The summed E-state index contributed by atoms with van der Waals surface area (Å²) in [5.41, 5.74) is 1.96. The van der Waals surface area contributed by atoms with Crippen LogP contribution in [-0.2, 0) is 6.42 Å². The summed E-state index contributed by atoms with van der Waals surface area (Å²) in [4.78, 5) is 13.7. The maximum Gasteiger partial charge on any atom is 0.262 e. The van der Waals surface area contributed by atoms with Gasteiger partial charge >= 0.3 is 0 Å². The Morgan fingerprint density at radius 3 is 2.43 bits per heavy atom. The van der Waals surface area contributed by atoms with Crippen LogP contribution in [0, 0.1) is 20.8 Å². The number of aryl methyl sites for hydroxylation is 3. The Balaban J connectivity index is 2.35. The number of hydrogen-bond acceptors (Lipinski definition) is 6. The smallest absolute Gasteiger partial charge is 0.262 e. The standard InChI is InChI=1S/C15H22N4OS/c1-6-8-12-18-13(16-7-2)9(3)14(19-12)21-15-17-10(4)11(5)20-15/h6-8H2,1-5H3,(H,16,18,19). The first-order chi connectivity index (χ1) is 10.0. The molecule has 0 amide bonds. The minimum atomic E-state index is 0.636. The van der Waals surface area contributed by atoms with Gasteiger partial charge in [-0.3, -0.25) is 0 Å². The highest BCUT2D eigenvalue weighted by molar-refractivity contribution is 7.99. The van der Waals surface area contributed by atoms with Crippen molar-refractivity contribution >= 4 is 17.6 Å². The number of aromatic nitrogens is 3. The molecule has 0 aliphatic carbocycles. The van der Waals surface area contributed by atoms with Gasteiger partial charge in [0.1, 0.15) is 22.4 Å². The van der Waals surface area contributed by atoms with Crippen LogP contribution in [0.1, 0.15) is 43.1 Å². The first-order valence-electron chi connectivity index (χ1n) is 7.28. The molecule has 0 aromatic carbocycles. The molecule has 0 fully saturated rings. The summed E-state index contributed by atoms with van der Waals surface area (Å²) in [6.45, 7) is 10.9. The summed E-state index contributed by atoms with van der Waals surface area (Å²) in [6, 6.07) is 0. The van der Waals surface area contributed by atoms with Crippen LogP contribution in [0.15, 0.2) is 14.7 Å². The van der Waals surface area contributed by atoms with Gasteiger partial charge in [0.2, 0.25) is 0 Å². The third kappa shape index (κ3) is 3.75. The largest absolute Gasteiger partial charge is 0.436 e. The van der Waals surface area contributed by atoms with Crippen molar-refractivity contribution < 1.29 is 4.42 Å². The topological polar surface area (TPSA) is 63.8 Å². The molecule has 0 spiro atoms. The zero-order valence-corrected chi connectivity index (χ0v) is 14.1. The van der Waals surface area contributed by atoms with Crippen LogP contribution >= 0.6 is 11.8 Å². The number of anilines is 1. The maximum absolute atomic E-state index is 5.64. The second kappa shape index (κ2) is 6.93. The molecule has 0 bridgehead atoms. The van der Waals surface area contributed by atoms with E-state index in [4.69, 9.17) is 4.42 Å². The summed E-state index contributed by atoms with van der Waals surface area (Å²) in [7, 11) is 0. The number of nitrogens with one attached hydrogen (secondary N) is 1. The van der Waals surface area contributed by atoms with E-state index in [0.717, 1.165) is 53.1 Å². The van der Waals surface area contributed by atoms with E-state index in [-0.39, 0.29) is 0 Å². The number of hydrogen-bond donors (Lipinski definition) is 1. The molecule has 2 rings (SSSR count). The Morgan fingerprint density at radius 2 is 1.86 bits per heavy atom. The summed E-state index contributed by atoms with van der Waals surface area (Å²) in [5, 5.41) is 4.85. The Labute approximate surface area is 130 Å². The lowest BCUT2D eigenvalue weighted by Crippen LogP contribution is -2.07. The molecule has 2 aromatic rings. The van der Waals surface area contributed by atoms with Gasteiger partial charge in [0.15, 0.2) is 0 Å². The van der Waals surface area contributed by atoms with Gasteiger partial charge in [-0.1, -0.05) is 6.92 Å². The highest BCUT2D eigenvalue weighted by atomic mass is 32.2. The highest BCUT2D eigenvalue weighted by Gasteiger charge is 2.15. The Bertz CT molecular complexity index is 605. The van der Waals surface area contributed by atoms with Crippen molar-refractivity contribution in [1.82, 2.24) is 15.0 Å². The molecular formula is C15H22N4OS. The molecule has 0 aliphatic rings. The molecule has 0 aliphatic heterocycles. The lowest BCUT2D eigenvalue weighted by atomic mass is 10.3. The number of rotatable bonds is 6. The van der Waals surface area contributed by atoms with E-state index >= 15 is 0 Å². The van der Waals surface area contributed by atoms with Crippen LogP contribution in [0.4, 0.5) is 5.82 Å². The molecule has 6 heteroatoms. The Kier molecular flexibility index (Phi) is 5.22. The van der Waals surface area contributed by atoms with Crippen LogP contribution in [0.25, 0.3) is 0 Å². The SMILES string of the molecule is CCCc1nc(NCC)c(C)c(Sc2nc(C)c(C)o2)n1. The minimum Gasteiger partial charge on any atom is -0.436 e. The van der Waals surface area contributed by atoms with Crippen LogP contribution in [0.5, 0.6) is 0 Å². The maximum atomic E-state index is 5.64. The second-order valence-corrected chi connectivity index (χ2v) is 5.86. The van der Waals surface area contributed by atoms with Crippen molar-refractivity contribution in [1.29, 1.82) is 0 Å².